The molecule has 0 saturated carbocycles. The third-order valence-corrected chi connectivity index (χ3v) is 6.64. The Morgan fingerprint density at radius 1 is 1.00 bits per heavy atom. The number of sulfonamides is 1. The Bertz CT molecular complexity index is 1190. The van der Waals surface area contributed by atoms with Crippen LogP contribution >= 0.6 is 11.6 Å². The van der Waals surface area contributed by atoms with Crippen LogP contribution in [0.15, 0.2) is 71.6 Å². The predicted octanol–water partition coefficient (Wildman–Crippen LogP) is 5.21. The summed E-state index contributed by atoms with van der Waals surface area (Å²) in [5, 5.41) is 2.96. The molecule has 3 rings (SSSR count). The monoisotopic (exact) mass is 486 g/mol. The Hall–Kier alpha value is -3.03. The van der Waals surface area contributed by atoms with Crippen molar-refractivity contribution in [2.24, 2.45) is 0 Å². The summed E-state index contributed by atoms with van der Waals surface area (Å²) in [4.78, 5) is 12.7. The first-order chi connectivity index (χ1) is 15.8. The number of aryl methyl sites for hydroxylation is 2. The van der Waals surface area contributed by atoms with Crippen LogP contribution in [0.5, 0.6) is 5.75 Å². The summed E-state index contributed by atoms with van der Waals surface area (Å²) in [6.07, 6.45) is 2.11. The van der Waals surface area contributed by atoms with Crippen molar-refractivity contribution in [2.75, 3.05) is 17.9 Å². The maximum atomic E-state index is 12.6. The first kappa shape index (κ1) is 24.6. The Morgan fingerprint density at radius 2 is 1.70 bits per heavy atom. The van der Waals surface area contributed by atoms with E-state index in [1.807, 2.05) is 31.2 Å². The highest BCUT2D eigenvalue weighted by atomic mass is 35.5. The molecule has 0 fully saturated rings. The van der Waals surface area contributed by atoms with Gasteiger partial charge in [0.1, 0.15) is 12.4 Å². The van der Waals surface area contributed by atoms with Gasteiger partial charge in [-0.3, -0.25) is 9.52 Å². The molecule has 8 heteroatoms. The van der Waals surface area contributed by atoms with Crippen LogP contribution in [-0.4, -0.2) is 27.5 Å². The van der Waals surface area contributed by atoms with Crippen molar-refractivity contribution in [1.82, 2.24) is 5.32 Å². The Balaban J connectivity index is 1.58. The predicted molar refractivity (Wildman–Crippen MR) is 132 cm³/mol. The number of carbonyl (C=O) groups excluding carboxylic acids is 1. The minimum atomic E-state index is -3.79. The SMILES string of the molecule is CCCc1ccc(OCCNC(=O)c2cc(NS(=O)(=O)c3ccc(C)cc3)ccc2Cl)cc1. The standard InChI is InChI=1S/C25H27ClN2O4S/c1-3-4-19-7-10-21(11-8-19)32-16-15-27-25(29)23-17-20(9-14-24(23)26)28-33(30,31)22-12-5-18(2)6-13-22/h5-14,17,28H,3-4,15-16H2,1-2H3,(H,27,29). The van der Waals surface area contributed by atoms with Crippen LogP contribution in [0.2, 0.25) is 5.02 Å². The molecule has 0 saturated heterocycles. The highest BCUT2D eigenvalue weighted by Gasteiger charge is 2.16. The van der Waals surface area contributed by atoms with E-state index >= 15 is 0 Å². The number of anilines is 1. The first-order valence-electron chi connectivity index (χ1n) is 10.7. The number of benzene rings is 3. The van der Waals surface area contributed by atoms with E-state index in [0.29, 0.717) is 0 Å². The minimum Gasteiger partial charge on any atom is -0.492 e. The lowest BCUT2D eigenvalue weighted by molar-refractivity contribution is 0.0947. The molecular weight excluding hydrogens is 460 g/mol. The van der Waals surface area contributed by atoms with Crippen LogP contribution in [0.3, 0.4) is 0 Å². The zero-order chi connectivity index (χ0) is 23.8. The van der Waals surface area contributed by atoms with Crippen molar-refractivity contribution in [3.63, 3.8) is 0 Å². The van der Waals surface area contributed by atoms with Gasteiger partial charge in [-0.05, 0) is 61.4 Å². The fraction of sp³-hybridized carbons (Fsp3) is 0.240. The van der Waals surface area contributed by atoms with E-state index in [0.717, 1.165) is 24.2 Å². The second kappa shape index (κ2) is 11.2. The van der Waals surface area contributed by atoms with Crippen molar-refractivity contribution < 1.29 is 17.9 Å². The van der Waals surface area contributed by atoms with Gasteiger partial charge in [0, 0.05) is 5.69 Å². The molecule has 174 valence electrons. The highest BCUT2D eigenvalue weighted by Crippen LogP contribution is 2.23. The normalized spacial score (nSPS) is 11.1. The maximum absolute atomic E-state index is 12.6. The molecule has 0 unspecified atom stereocenters. The number of carbonyl (C=O) groups is 1. The zero-order valence-corrected chi connectivity index (χ0v) is 20.2. The van der Waals surface area contributed by atoms with Gasteiger partial charge in [0.15, 0.2) is 0 Å². The molecule has 0 spiro atoms. The van der Waals surface area contributed by atoms with Crippen LogP contribution < -0.4 is 14.8 Å². The van der Waals surface area contributed by atoms with Crippen LogP contribution in [0.25, 0.3) is 0 Å². The van der Waals surface area contributed by atoms with E-state index in [4.69, 9.17) is 16.3 Å². The summed E-state index contributed by atoms with van der Waals surface area (Å²) in [5.74, 6) is 0.313. The molecule has 0 aliphatic carbocycles. The summed E-state index contributed by atoms with van der Waals surface area (Å²) in [6, 6.07) is 18.8. The van der Waals surface area contributed by atoms with Crippen LogP contribution in [-0.2, 0) is 16.4 Å². The minimum absolute atomic E-state index is 0.133. The summed E-state index contributed by atoms with van der Waals surface area (Å²) >= 11 is 6.18. The lowest BCUT2D eigenvalue weighted by Crippen LogP contribution is -2.28. The molecule has 33 heavy (non-hydrogen) atoms. The smallest absolute Gasteiger partial charge is 0.261 e. The van der Waals surface area contributed by atoms with E-state index in [2.05, 4.69) is 17.0 Å². The van der Waals surface area contributed by atoms with Crippen molar-refractivity contribution in [2.45, 2.75) is 31.6 Å². The van der Waals surface area contributed by atoms with E-state index in [-0.39, 0.29) is 34.3 Å². The number of amides is 1. The summed E-state index contributed by atoms with van der Waals surface area (Å²) in [6.45, 7) is 4.57. The first-order valence-corrected chi connectivity index (χ1v) is 12.5. The quantitative estimate of drug-likeness (QED) is 0.385. The average molecular weight is 487 g/mol. The molecule has 2 N–H and O–H groups in total. The number of hydrogen-bond acceptors (Lipinski definition) is 4. The van der Waals surface area contributed by atoms with Gasteiger partial charge in [-0.25, -0.2) is 8.42 Å². The molecular formula is C25H27ClN2O4S. The fourth-order valence-electron chi connectivity index (χ4n) is 3.16. The van der Waals surface area contributed by atoms with Crippen LogP contribution in [0.1, 0.15) is 34.8 Å². The molecule has 3 aromatic rings. The number of nitrogens with one attached hydrogen (secondary N) is 2. The summed E-state index contributed by atoms with van der Waals surface area (Å²) in [7, 11) is -3.79. The van der Waals surface area contributed by atoms with E-state index in [1.165, 1.54) is 35.9 Å². The number of halogens is 1. The molecule has 1 amide bonds. The van der Waals surface area contributed by atoms with Gasteiger partial charge in [0.2, 0.25) is 0 Å². The third kappa shape index (κ3) is 6.97. The Morgan fingerprint density at radius 3 is 2.36 bits per heavy atom. The second-order valence-corrected chi connectivity index (χ2v) is 9.70. The molecule has 0 aliphatic heterocycles. The van der Waals surface area contributed by atoms with E-state index in [9.17, 15) is 13.2 Å². The second-order valence-electron chi connectivity index (χ2n) is 7.61. The number of rotatable bonds is 10. The fourth-order valence-corrected chi connectivity index (χ4v) is 4.42. The zero-order valence-electron chi connectivity index (χ0n) is 18.6. The van der Waals surface area contributed by atoms with Gasteiger partial charge >= 0.3 is 0 Å². The van der Waals surface area contributed by atoms with Gasteiger partial charge < -0.3 is 10.1 Å². The average Bonchev–Trinajstić information content (AvgIpc) is 2.79. The topological polar surface area (TPSA) is 84.5 Å². The van der Waals surface area contributed by atoms with Gasteiger partial charge in [0.25, 0.3) is 15.9 Å². The van der Waals surface area contributed by atoms with Crippen molar-refractivity contribution in [3.8, 4) is 5.75 Å². The van der Waals surface area contributed by atoms with E-state index in [1.54, 1.807) is 12.1 Å². The van der Waals surface area contributed by atoms with Crippen LogP contribution in [0, 0.1) is 6.92 Å². The molecule has 3 aromatic carbocycles. The van der Waals surface area contributed by atoms with Gasteiger partial charge in [-0.2, -0.15) is 0 Å². The third-order valence-electron chi connectivity index (χ3n) is 4.91. The van der Waals surface area contributed by atoms with Crippen molar-refractivity contribution >= 4 is 33.2 Å². The van der Waals surface area contributed by atoms with Gasteiger partial charge in [0.05, 0.1) is 22.0 Å². The highest BCUT2D eigenvalue weighted by molar-refractivity contribution is 7.92. The lowest BCUT2D eigenvalue weighted by Gasteiger charge is -2.12. The summed E-state index contributed by atoms with van der Waals surface area (Å²) < 4.78 is 33.4. The largest absolute Gasteiger partial charge is 0.492 e. The van der Waals surface area contributed by atoms with Crippen molar-refractivity contribution in [1.29, 1.82) is 0 Å². The molecule has 0 bridgehead atoms. The molecule has 0 heterocycles. The Kier molecular flexibility index (Phi) is 8.36. The molecule has 0 aliphatic rings. The number of ether oxygens (including phenoxy) is 1. The molecule has 6 nitrogen and oxygen atoms in total. The van der Waals surface area contributed by atoms with Gasteiger partial charge in [-0.1, -0.05) is 54.8 Å². The lowest BCUT2D eigenvalue weighted by atomic mass is 10.1. The Labute approximate surface area is 200 Å². The van der Waals surface area contributed by atoms with Crippen molar-refractivity contribution in [3.05, 3.63) is 88.4 Å². The molecule has 0 aromatic heterocycles. The van der Waals surface area contributed by atoms with Crippen LogP contribution in [0.4, 0.5) is 5.69 Å². The maximum Gasteiger partial charge on any atom is 0.261 e. The van der Waals surface area contributed by atoms with Gasteiger partial charge in [-0.15, -0.1) is 0 Å². The molecule has 0 radical (unpaired) electrons. The number of hydrogen-bond donors (Lipinski definition) is 2. The molecule has 0 atom stereocenters. The summed E-state index contributed by atoms with van der Waals surface area (Å²) in [5.41, 5.74) is 2.63. The van der Waals surface area contributed by atoms with E-state index < -0.39 is 15.9 Å².